The minimum absolute atomic E-state index is 0.0601. The fourth-order valence-electron chi connectivity index (χ4n) is 6.45. The number of hydrogen-bond donors (Lipinski definition) is 0. The SMILES string of the molecule is CSC(=O)C1(C)[C@@]2(C)C(C)=C(C)[C@]1(C)[C@@H]1C(=O)N(c3ccccc3)C(=O)[C@@H]12. The quantitative estimate of drug-likeness (QED) is 0.571. The van der Waals surface area contributed by atoms with E-state index in [0.29, 0.717) is 5.69 Å². The molecule has 2 amide bonds. The zero-order chi connectivity index (χ0) is 19.9. The van der Waals surface area contributed by atoms with Crippen molar-refractivity contribution in [1.29, 1.82) is 0 Å². The summed E-state index contributed by atoms with van der Waals surface area (Å²) in [6.45, 7) is 10.1. The molecule has 2 bridgehead atoms. The van der Waals surface area contributed by atoms with Gasteiger partial charge in [-0.15, -0.1) is 0 Å². The molecule has 0 spiro atoms. The molecule has 1 unspecified atom stereocenters. The summed E-state index contributed by atoms with van der Waals surface area (Å²) in [5.74, 6) is -1.34. The normalized spacial score (nSPS) is 40.1. The number of carbonyl (C=O) groups is 3. The standard InChI is InChI=1S/C22H25NO3S/c1-12-13(2)21(4)16-15(20(12,3)22(21,5)19(26)27-6)17(24)23(18(16)25)14-10-8-7-9-11-14/h7-11,15-16H,1-6H3/t15-,16+,20+,21-,22?. The van der Waals surface area contributed by atoms with Crippen LogP contribution < -0.4 is 4.90 Å². The van der Waals surface area contributed by atoms with Crippen LogP contribution in [0.15, 0.2) is 41.5 Å². The van der Waals surface area contributed by atoms with Crippen molar-refractivity contribution in [2.45, 2.75) is 34.6 Å². The Morgan fingerprint density at radius 2 is 1.37 bits per heavy atom. The highest BCUT2D eigenvalue weighted by Crippen LogP contribution is 2.80. The Balaban J connectivity index is 1.96. The van der Waals surface area contributed by atoms with Crippen LogP contribution in [-0.4, -0.2) is 23.2 Å². The molecule has 1 aliphatic heterocycles. The van der Waals surface area contributed by atoms with E-state index in [1.807, 2.05) is 52.8 Å². The average molecular weight is 384 g/mol. The van der Waals surface area contributed by atoms with Gasteiger partial charge in [0, 0.05) is 10.8 Å². The highest BCUT2D eigenvalue weighted by molar-refractivity contribution is 8.13. The van der Waals surface area contributed by atoms with E-state index in [0.717, 1.165) is 11.1 Å². The number of thioether (sulfide) groups is 1. The van der Waals surface area contributed by atoms with Gasteiger partial charge in [0.15, 0.2) is 5.12 Å². The number of allylic oxidation sites excluding steroid dienone is 2. The molecule has 142 valence electrons. The molecular formula is C22H25NO3S. The first-order chi connectivity index (χ1) is 12.6. The number of para-hydroxylation sites is 1. The molecule has 3 aliphatic rings. The number of fused-ring (bicyclic) bond motifs is 5. The lowest BCUT2D eigenvalue weighted by atomic mass is 9.60. The molecule has 27 heavy (non-hydrogen) atoms. The lowest BCUT2D eigenvalue weighted by Gasteiger charge is -2.44. The van der Waals surface area contributed by atoms with Crippen molar-refractivity contribution in [3.8, 4) is 0 Å². The van der Waals surface area contributed by atoms with E-state index >= 15 is 0 Å². The van der Waals surface area contributed by atoms with Crippen LogP contribution in [0.3, 0.4) is 0 Å². The molecule has 4 nitrogen and oxygen atoms in total. The van der Waals surface area contributed by atoms with Gasteiger partial charge in [0.1, 0.15) is 0 Å². The predicted octanol–water partition coefficient (Wildman–Crippen LogP) is 4.06. The molecule has 1 aromatic carbocycles. The van der Waals surface area contributed by atoms with Gasteiger partial charge >= 0.3 is 0 Å². The Morgan fingerprint density at radius 3 is 1.78 bits per heavy atom. The third kappa shape index (κ3) is 1.67. The molecule has 2 fully saturated rings. The van der Waals surface area contributed by atoms with E-state index in [1.54, 1.807) is 18.4 Å². The summed E-state index contributed by atoms with van der Waals surface area (Å²) in [4.78, 5) is 41.6. The first-order valence-corrected chi connectivity index (χ1v) is 10.5. The Morgan fingerprint density at radius 1 is 0.926 bits per heavy atom. The predicted molar refractivity (Wildman–Crippen MR) is 107 cm³/mol. The maximum atomic E-state index is 13.6. The van der Waals surface area contributed by atoms with Crippen molar-refractivity contribution in [1.82, 2.24) is 0 Å². The third-order valence-electron chi connectivity index (χ3n) is 8.36. The molecule has 1 saturated carbocycles. The number of hydrogen-bond acceptors (Lipinski definition) is 4. The van der Waals surface area contributed by atoms with Gasteiger partial charge in [0.05, 0.1) is 22.9 Å². The van der Waals surface area contributed by atoms with Gasteiger partial charge in [-0.05, 0) is 32.2 Å². The van der Waals surface area contributed by atoms with Crippen LogP contribution in [0.1, 0.15) is 34.6 Å². The summed E-state index contributed by atoms with van der Waals surface area (Å²) in [6.07, 6.45) is 1.79. The van der Waals surface area contributed by atoms with Gasteiger partial charge in [-0.1, -0.05) is 61.9 Å². The minimum Gasteiger partial charge on any atom is -0.287 e. The molecule has 4 rings (SSSR count). The lowest BCUT2D eigenvalue weighted by Crippen LogP contribution is -2.49. The molecule has 5 atom stereocenters. The van der Waals surface area contributed by atoms with Crippen LogP contribution in [0.2, 0.25) is 0 Å². The van der Waals surface area contributed by atoms with Crippen LogP contribution in [0, 0.1) is 28.1 Å². The van der Waals surface area contributed by atoms with Crippen molar-refractivity contribution in [3.05, 3.63) is 41.5 Å². The number of carbonyl (C=O) groups excluding carboxylic acids is 3. The molecule has 1 heterocycles. The molecule has 2 aliphatic carbocycles. The van der Waals surface area contributed by atoms with E-state index in [2.05, 4.69) is 0 Å². The second kappa shape index (κ2) is 5.34. The first-order valence-electron chi connectivity index (χ1n) is 9.29. The number of benzene rings is 1. The highest BCUT2D eigenvalue weighted by Gasteiger charge is 2.83. The van der Waals surface area contributed by atoms with E-state index < -0.39 is 28.1 Å². The number of rotatable bonds is 2. The van der Waals surface area contributed by atoms with Crippen LogP contribution in [0.25, 0.3) is 0 Å². The van der Waals surface area contributed by atoms with Gasteiger partial charge in [-0.2, -0.15) is 0 Å². The Hall–Kier alpha value is -1.88. The molecule has 0 aromatic heterocycles. The molecule has 0 N–H and O–H groups in total. The van der Waals surface area contributed by atoms with Gasteiger partial charge in [-0.25, -0.2) is 4.90 Å². The Kier molecular flexibility index (Phi) is 3.66. The highest BCUT2D eigenvalue weighted by atomic mass is 32.2. The summed E-state index contributed by atoms with van der Waals surface area (Å²) in [6, 6.07) is 9.12. The molecule has 1 saturated heterocycles. The topological polar surface area (TPSA) is 54.5 Å². The monoisotopic (exact) mass is 383 g/mol. The number of amides is 2. The zero-order valence-corrected chi connectivity index (χ0v) is 17.4. The van der Waals surface area contributed by atoms with E-state index in [9.17, 15) is 14.4 Å². The second-order valence-corrected chi connectivity index (χ2v) is 9.35. The fraction of sp³-hybridized carbons (Fsp3) is 0.500. The van der Waals surface area contributed by atoms with Crippen molar-refractivity contribution >= 4 is 34.4 Å². The van der Waals surface area contributed by atoms with E-state index in [-0.39, 0.29) is 16.9 Å². The maximum absolute atomic E-state index is 13.6. The molecule has 0 radical (unpaired) electrons. The lowest BCUT2D eigenvalue weighted by molar-refractivity contribution is -0.132. The number of anilines is 1. The summed E-state index contributed by atoms with van der Waals surface area (Å²) < 4.78 is 0. The van der Waals surface area contributed by atoms with Crippen LogP contribution in [-0.2, 0) is 14.4 Å². The van der Waals surface area contributed by atoms with E-state index in [1.165, 1.54) is 16.7 Å². The second-order valence-electron chi connectivity index (χ2n) is 8.57. The van der Waals surface area contributed by atoms with Crippen molar-refractivity contribution in [2.24, 2.45) is 28.1 Å². The van der Waals surface area contributed by atoms with Crippen molar-refractivity contribution in [2.75, 3.05) is 11.2 Å². The minimum atomic E-state index is -0.781. The van der Waals surface area contributed by atoms with Crippen LogP contribution >= 0.6 is 11.8 Å². The summed E-state index contributed by atoms with van der Waals surface area (Å²) in [5.41, 5.74) is 0.692. The number of nitrogens with zero attached hydrogens (tertiary/aromatic N) is 1. The van der Waals surface area contributed by atoms with Crippen LogP contribution in [0.4, 0.5) is 5.69 Å². The molecule has 1 aromatic rings. The maximum Gasteiger partial charge on any atom is 0.238 e. The third-order valence-corrected chi connectivity index (χ3v) is 9.14. The van der Waals surface area contributed by atoms with Crippen LogP contribution in [0.5, 0.6) is 0 Å². The fourth-order valence-corrected chi connectivity index (χ4v) is 7.28. The van der Waals surface area contributed by atoms with Gasteiger partial charge < -0.3 is 0 Å². The summed E-state index contributed by atoms with van der Waals surface area (Å²) in [7, 11) is 0. The van der Waals surface area contributed by atoms with Crippen molar-refractivity contribution in [3.63, 3.8) is 0 Å². The van der Waals surface area contributed by atoms with Gasteiger partial charge in [0.2, 0.25) is 11.8 Å². The largest absolute Gasteiger partial charge is 0.287 e. The van der Waals surface area contributed by atoms with Gasteiger partial charge in [-0.3, -0.25) is 14.4 Å². The molecular weight excluding hydrogens is 358 g/mol. The number of imide groups is 1. The Bertz CT molecular complexity index is 877. The molecule has 5 heteroatoms. The smallest absolute Gasteiger partial charge is 0.238 e. The summed E-state index contributed by atoms with van der Waals surface area (Å²) >= 11 is 1.21. The van der Waals surface area contributed by atoms with Gasteiger partial charge in [0.25, 0.3) is 0 Å². The first kappa shape index (κ1) is 18.5. The zero-order valence-electron chi connectivity index (χ0n) is 16.6. The van der Waals surface area contributed by atoms with Crippen molar-refractivity contribution < 1.29 is 14.4 Å². The summed E-state index contributed by atoms with van der Waals surface area (Å²) in [5, 5.41) is 0.0601. The van der Waals surface area contributed by atoms with E-state index in [4.69, 9.17) is 0 Å². The Labute approximate surface area is 164 Å². The average Bonchev–Trinajstić information content (AvgIpc) is 3.07.